The largest absolute Gasteiger partial charge is 0.497 e. The van der Waals surface area contributed by atoms with E-state index >= 15 is 0 Å². The molecule has 0 heterocycles. The third-order valence-corrected chi connectivity index (χ3v) is 2.52. The van der Waals surface area contributed by atoms with Crippen LogP contribution in [0.25, 0.3) is 0 Å². The molecule has 0 amide bonds. The molecule has 0 bridgehead atoms. The van der Waals surface area contributed by atoms with Gasteiger partial charge in [-0.15, -0.1) is 0 Å². The van der Waals surface area contributed by atoms with Gasteiger partial charge in [0.25, 0.3) is 0 Å². The molecule has 0 aliphatic rings. The van der Waals surface area contributed by atoms with E-state index in [1.807, 2.05) is 26.1 Å². The zero-order chi connectivity index (χ0) is 11.3. The molecule has 15 heavy (non-hydrogen) atoms. The molecule has 0 saturated heterocycles. The Morgan fingerprint density at radius 3 is 2.80 bits per heavy atom. The summed E-state index contributed by atoms with van der Waals surface area (Å²) in [4.78, 5) is 0. The maximum Gasteiger partial charge on any atom is 0.119 e. The second-order valence-corrected chi connectivity index (χ2v) is 3.74. The van der Waals surface area contributed by atoms with Crippen molar-refractivity contribution in [2.45, 2.75) is 19.4 Å². The lowest BCUT2D eigenvalue weighted by Gasteiger charge is -2.16. The molecule has 2 heteroatoms. The maximum absolute atomic E-state index is 5.19. The van der Waals surface area contributed by atoms with Crippen LogP contribution in [0.5, 0.6) is 5.75 Å². The van der Waals surface area contributed by atoms with Gasteiger partial charge in [-0.3, -0.25) is 0 Å². The van der Waals surface area contributed by atoms with E-state index in [-0.39, 0.29) is 0 Å². The molecule has 0 saturated carbocycles. The summed E-state index contributed by atoms with van der Waals surface area (Å²) >= 11 is 0. The van der Waals surface area contributed by atoms with E-state index in [9.17, 15) is 0 Å². The monoisotopic (exact) mass is 205 g/mol. The molecule has 0 aliphatic heterocycles. The predicted molar refractivity (Wildman–Crippen MR) is 64.4 cm³/mol. The first-order valence-electron chi connectivity index (χ1n) is 5.13. The fourth-order valence-electron chi connectivity index (χ4n) is 1.56. The molecule has 1 aromatic carbocycles. The molecule has 1 aromatic rings. The molecule has 1 atom stereocenters. The summed E-state index contributed by atoms with van der Waals surface area (Å²) in [7, 11) is 3.65. The van der Waals surface area contributed by atoms with Crippen molar-refractivity contribution in [3.8, 4) is 5.75 Å². The topological polar surface area (TPSA) is 21.3 Å². The first-order valence-corrected chi connectivity index (χ1v) is 5.13. The Morgan fingerprint density at radius 2 is 2.27 bits per heavy atom. The molecule has 82 valence electrons. The minimum Gasteiger partial charge on any atom is -0.497 e. The Labute approximate surface area is 92.0 Å². The molecule has 0 radical (unpaired) electrons. The van der Waals surface area contributed by atoms with Crippen LogP contribution in [0.4, 0.5) is 0 Å². The summed E-state index contributed by atoms with van der Waals surface area (Å²) in [6, 6.07) is 8.47. The van der Waals surface area contributed by atoms with Crippen molar-refractivity contribution >= 4 is 0 Å². The zero-order valence-electron chi connectivity index (χ0n) is 9.71. The highest BCUT2D eigenvalue weighted by molar-refractivity contribution is 5.29. The fourth-order valence-corrected chi connectivity index (χ4v) is 1.56. The van der Waals surface area contributed by atoms with Crippen LogP contribution in [-0.2, 0) is 6.42 Å². The maximum atomic E-state index is 5.19. The molecule has 1 rings (SSSR count). The number of hydrogen-bond acceptors (Lipinski definition) is 2. The molecule has 2 nitrogen and oxygen atoms in total. The SMILES string of the molecule is C=C(C)C(Cc1cccc(OC)c1)NC. The third kappa shape index (κ3) is 3.40. The number of benzene rings is 1. The average molecular weight is 205 g/mol. The minimum atomic E-state index is 0.331. The van der Waals surface area contributed by atoms with Crippen molar-refractivity contribution < 1.29 is 4.74 Å². The predicted octanol–water partition coefficient (Wildman–Crippen LogP) is 2.40. The molecule has 1 unspecified atom stereocenters. The highest BCUT2D eigenvalue weighted by Crippen LogP contribution is 2.15. The lowest BCUT2D eigenvalue weighted by atomic mass is 10.0. The smallest absolute Gasteiger partial charge is 0.119 e. The normalized spacial score (nSPS) is 12.2. The minimum absolute atomic E-state index is 0.331. The average Bonchev–Trinajstić information content (AvgIpc) is 2.25. The van der Waals surface area contributed by atoms with Gasteiger partial charge in [0, 0.05) is 6.04 Å². The number of nitrogens with one attached hydrogen (secondary N) is 1. The standard InChI is InChI=1S/C13H19NO/c1-10(2)13(14-3)9-11-6-5-7-12(8-11)15-4/h5-8,13-14H,1,9H2,2-4H3. The second kappa shape index (κ2) is 5.56. The summed E-state index contributed by atoms with van der Waals surface area (Å²) in [5.41, 5.74) is 2.41. The summed E-state index contributed by atoms with van der Waals surface area (Å²) in [6.07, 6.45) is 0.947. The van der Waals surface area contributed by atoms with Crippen LogP contribution in [0.3, 0.4) is 0 Å². The summed E-state index contributed by atoms with van der Waals surface area (Å²) < 4.78 is 5.19. The molecular weight excluding hydrogens is 186 g/mol. The summed E-state index contributed by atoms with van der Waals surface area (Å²) in [6.45, 7) is 6.01. The molecule has 0 spiro atoms. The van der Waals surface area contributed by atoms with Crippen LogP contribution in [0.2, 0.25) is 0 Å². The van der Waals surface area contributed by atoms with Crippen LogP contribution < -0.4 is 10.1 Å². The van der Waals surface area contributed by atoms with Gasteiger partial charge in [0.1, 0.15) is 5.75 Å². The Kier molecular flexibility index (Phi) is 4.37. The van der Waals surface area contributed by atoms with Crippen molar-refractivity contribution in [1.82, 2.24) is 5.32 Å². The van der Waals surface area contributed by atoms with Crippen molar-refractivity contribution in [2.24, 2.45) is 0 Å². The van der Waals surface area contributed by atoms with Crippen LogP contribution in [-0.4, -0.2) is 20.2 Å². The lowest BCUT2D eigenvalue weighted by Crippen LogP contribution is -2.28. The Morgan fingerprint density at radius 1 is 1.53 bits per heavy atom. The Hall–Kier alpha value is -1.28. The fraction of sp³-hybridized carbons (Fsp3) is 0.385. The highest BCUT2D eigenvalue weighted by Gasteiger charge is 2.07. The molecule has 0 fully saturated rings. The number of rotatable bonds is 5. The van der Waals surface area contributed by atoms with E-state index < -0.39 is 0 Å². The van der Waals surface area contributed by atoms with Gasteiger partial charge in [0.2, 0.25) is 0 Å². The molecular formula is C13H19NO. The first kappa shape index (κ1) is 11.8. The van der Waals surface area contributed by atoms with Crippen LogP contribution in [0, 0.1) is 0 Å². The van der Waals surface area contributed by atoms with E-state index in [2.05, 4.69) is 24.0 Å². The quantitative estimate of drug-likeness (QED) is 0.745. The molecule has 1 N–H and O–H groups in total. The van der Waals surface area contributed by atoms with Crippen molar-refractivity contribution in [3.05, 3.63) is 42.0 Å². The van der Waals surface area contributed by atoms with Crippen molar-refractivity contribution in [3.63, 3.8) is 0 Å². The summed E-state index contributed by atoms with van der Waals surface area (Å²) in [5, 5.41) is 3.25. The van der Waals surface area contributed by atoms with Gasteiger partial charge in [-0.2, -0.15) is 0 Å². The van der Waals surface area contributed by atoms with Crippen LogP contribution in [0.1, 0.15) is 12.5 Å². The van der Waals surface area contributed by atoms with E-state index in [0.29, 0.717) is 6.04 Å². The number of hydrogen-bond donors (Lipinski definition) is 1. The second-order valence-electron chi connectivity index (χ2n) is 3.74. The number of likely N-dealkylation sites (N-methyl/N-ethyl adjacent to an activating group) is 1. The van der Waals surface area contributed by atoms with Crippen molar-refractivity contribution in [2.75, 3.05) is 14.2 Å². The van der Waals surface area contributed by atoms with Crippen LogP contribution >= 0.6 is 0 Å². The van der Waals surface area contributed by atoms with Gasteiger partial charge in [0.05, 0.1) is 7.11 Å². The lowest BCUT2D eigenvalue weighted by molar-refractivity contribution is 0.414. The Balaban J connectivity index is 2.74. The van der Waals surface area contributed by atoms with Gasteiger partial charge >= 0.3 is 0 Å². The van der Waals surface area contributed by atoms with Gasteiger partial charge < -0.3 is 10.1 Å². The number of methoxy groups -OCH3 is 1. The Bertz CT molecular complexity index is 333. The van der Waals surface area contributed by atoms with E-state index in [1.165, 1.54) is 5.56 Å². The number of ether oxygens (including phenoxy) is 1. The van der Waals surface area contributed by atoms with Crippen LogP contribution in [0.15, 0.2) is 36.4 Å². The van der Waals surface area contributed by atoms with E-state index in [0.717, 1.165) is 17.7 Å². The van der Waals surface area contributed by atoms with Gasteiger partial charge in [0.15, 0.2) is 0 Å². The van der Waals surface area contributed by atoms with Crippen molar-refractivity contribution in [1.29, 1.82) is 0 Å². The zero-order valence-corrected chi connectivity index (χ0v) is 9.71. The highest BCUT2D eigenvalue weighted by atomic mass is 16.5. The van der Waals surface area contributed by atoms with E-state index in [4.69, 9.17) is 4.74 Å². The van der Waals surface area contributed by atoms with Gasteiger partial charge in [-0.1, -0.05) is 24.3 Å². The summed E-state index contributed by atoms with van der Waals surface area (Å²) in [5.74, 6) is 0.907. The van der Waals surface area contributed by atoms with Gasteiger partial charge in [-0.25, -0.2) is 0 Å². The van der Waals surface area contributed by atoms with Gasteiger partial charge in [-0.05, 0) is 38.1 Å². The third-order valence-electron chi connectivity index (χ3n) is 2.52. The molecule has 0 aliphatic carbocycles. The molecule has 0 aromatic heterocycles. The first-order chi connectivity index (χ1) is 7.17. The van der Waals surface area contributed by atoms with E-state index in [1.54, 1.807) is 7.11 Å².